The predicted molar refractivity (Wildman–Crippen MR) is 380 cm³/mol. The molecule has 492 valence electrons. The highest BCUT2D eigenvalue weighted by Gasteiger charge is 2.23. The van der Waals surface area contributed by atoms with Gasteiger partial charge in [0.05, 0.1) is 19.8 Å². The first-order valence-corrected chi connectivity index (χ1v) is 32.8. The molecule has 4 aliphatic rings. The van der Waals surface area contributed by atoms with Crippen LogP contribution < -0.4 is 24.4 Å². The molecule has 7 aromatic rings. The number of phenols is 3. The lowest BCUT2D eigenvalue weighted by Crippen LogP contribution is -2.34. The minimum absolute atomic E-state index is 0.173. The van der Waals surface area contributed by atoms with E-state index in [9.17, 15) is 20.3 Å². The van der Waals surface area contributed by atoms with Crippen LogP contribution in [0.1, 0.15) is 144 Å². The third kappa shape index (κ3) is 23.9. The molecule has 0 saturated carbocycles. The van der Waals surface area contributed by atoms with Crippen molar-refractivity contribution >= 4 is 28.5 Å². The molecule has 0 radical (unpaired) electrons. The highest BCUT2D eigenvalue weighted by Crippen LogP contribution is 2.36. The molecule has 0 amide bonds. The van der Waals surface area contributed by atoms with E-state index < -0.39 is 7.12 Å². The van der Waals surface area contributed by atoms with Crippen molar-refractivity contribution in [1.82, 2.24) is 0 Å². The molecule has 4 aliphatic heterocycles. The SMILES string of the molecule is C1CCOC1.C=CCOc1cc(C)ccc1C.C=CCc1c(C)ccc(C)c1O.Cc1cc(B(O)O)c(C)c2c1OCCC2.Cc1cc(Br)c(C)c2c1OCCC2.Cc1ccc(C)c(CCCO)c1O.Cc1ccc(C)c(O)c1.Cc1ccc(C)c2c1CCCO2. The van der Waals surface area contributed by atoms with Crippen molar-refractivity contribution in [1.29, 1.82) is 0 Å². The van der Waals surface area contributed by atoms with Gasteiger partial charge < -0.3 is 54.2 Å². The van der Waals surface area contributed by atoms with Gasteiger partial charge in [-0.15, -0.1) is 6.58 Å². The summed E-state index contributed by atoms with van der Waals surface area (Å²) in [6, 6.07) is 27.9. The number of halogens is 1. The minimum atomic E-state index is -1.39. The summed E-state index contributed by atoms with van der Waals surface area (Å²) in [5, 5.41) is 55.7. The van der Waals surface area contributed by atoms with Crippen molar-refractivity contribution in [3.63, 3.8) is 0 Å². The Bertz CT molecular complexity index is 3420. The van der Waals surface area contributed by atoms with Crippen LogP contribution in [-0.4, -0.2) is 83.8 Å². The van der Waals surface area contributed by atoms with E-state index in [1.54, 1.807) is 18.2 Å². The van der Waals surface area contributed by atoms with Crippen molar-refractivity contribution < 1.29 is 54.2 Å². The summed E-state index contributed by atoms with van der Waals surface area (Å²) < 4.78 is 28.5. The van der Waals surface area contributed by atoms with Gasteiger partial charge in [-0.2, -0.15) is 0 Å². The molecule has 6 N–H and O–H groups in total. The largest absolute Gasteiger partial charge is 0.508 e. The van der Waals surface area contributed by atoms with E-state index in [2.05, 4.69) is 94.0 Å². The maximum Gasteiger partial charge on any atom is 0.488 e. The zero-order chi connectivity index (χ0) is 67.3. The quantitative estimate of drug-likeness (QED) is 0.0601. The smallest absolute Gasteiger partial charge is 0.488 e. The second-order valence-electron chi connectivity index (χ2n) is 23.9. The Morgan fingerprint density at radius 3 is 1.44 bits per heavy atom. The Hall–Kier alpha value is -7.00. The number of rotatable bonds is 9. The van der Waals surface area contributed by atoms with Gasteiger partial charge in [0.2, 0.25) is 0 Å². The van der Waals surface area contributed by atoms with Gasteiger partial charge in [0, 0.05) is 29.9 Å². The van der Waals surface area contributed by atoms with E-state index in [0.717, 1.165) is 162 Å². The summed E-state index contributed by atoms with van der Waals surface area (Å²) in [5.74, 6) is 5.32. The van der Waals surface area contributed by atoms with Gasteiger partial charge in [0.15, 0.2) is 0 Å². The van der Waals surface area contributed by atoms with Crippen molar-refractivity contribution in [3.05, 3.63) is 220 Å². The number of fused-ring (bicyclic) bond motifs is 3. The Labute approximate surface area is 554 Å². The third-order valence-corrected chi connectivity index (χ3v) is 17.2. The molecule has 4 heterocycles. The fraction of sp³-hybridized carbons (Fsp3) is 0.410. The third-order valence-electron chi connectivity index (χ3n) is 16.4. The molecule has 91 heavy (non-hydrogen) atoms. The van der Waals surface area contributed by atoms with Gasteiger partial charge >= 0.3 is 7.12 Å². The summed E-state index contributed by atoms with van der Waals surface area (Å²) in [4.78, 5) is 0. The van der Waals surface area contributed by atoms with Crippen LogP contribution >= 0.6 is 15.9 Å². The maximum absolute atomic E-state index is 9.72. The first-order valence-electron chi connectivity index (χ1n) is 32.0. The number of hydrogen-bond acceptors (Lipinski definition) is 11. The van der Waals surface area contributed by atoms with Crippen LogP contribution in [-0.2, 0) is 36.8 Å². The number of aliphatic hydroxyl groups excluding tert-OH is 1. The topological polar surface area (TPSA) is 168 Å². The number of hydrogen-bond donors (Lipinski definition) is 6. The lowest BCUT2D eigenvalue weighted by Gasteiger charge is -2.23. The van der Waals surface area contributed by atoms with Crippen LogP contribution in [0, 0.1) is 96.9 Å². The molecule has 0 unspecified atom stereocenters. The number of phenolic OH excluding ortho intramolecular Hbond substituents is 3. The fourth-order valence-corrected chi connectivity index (χ4v) is 11.3. The fourth-order valence-electron chi connectivity index (χ4n) is 10.7. The first-order chi connectivity index (χ1) is 43.4. The summed E-state index contributed by atoms with van der Waals surface area (Å²) in [5.41, 5.74) is 22.1. The number of benzene rings is 7. The Morgan fingerprint density at radius 1 is 0.484 bits per heavy atom. The molecule has 1 saturated heterocycles. The normalized spacial score (nSPS) is 12.8. The molecule has 0 atom stereocenters. The van der Waals surface area contributed by atoms with Crippen molar-refractivity contribution in [3.8, 4) is 40.2 Å². The molecular weight excluding hydrogens is 1200 g/mol. The van der Waals surface area contributed by atoms with Gasteiger partial charge in [-0.1, -0.05) is 101 Å². The molecule has 13 heteroatoms. The van der Waals surface area contributed by atoms with Gasteiger partial charge in [0.1, 0.15) is 46.9 Å². The van der Waals surface area contributed by atoms with E-state index in [4.69, 9.17) is 33.9 Å². The number of aliphatic hydroxyl groups is 1. The summed E-state index contributed by atoms with van der Waals surface area (Å²) in [7, 11) is -1.39. The molecular formula is C78H104BBrO11. The summed E-state index contributed by atoms with van der Waals surface area (Å²) in [6.07, 6.45) is 14.9. The number of ether oxygens (including phenoxy) is 5. The van der Waals surface area contributed by atoms with E-state index in [1.807, 2.05) is 111 Å². The average molecular weight is 1310 g/mol. The minimum Gasteiger partial charge on any atom is -0.508 e. The van der Waals surface area contributed by atoms with E-state index in [-0.39, 0.29) is 6.61 Å². The standard InChI is InChI=1S/C11H15BO3.C11H13BrO.C11H16O2.3C11H14O.C8H10O.C4H8O/c1-7-6-10(12(13)14)8(2)9-4-3-5-15-11(7)9;1-7-6-10(12)8(2)9-4-3-5-13-11(7)9;1-8-5-6-9(2)11(13)10(8)4-3-7-12;1-8-5-6-9(2)11-10(8)4-3-7-12-11;1-4-7-12-11-8-9(2)5-6-10(11)3;1-4-5-10-8(2)6-7-9(3)11(10)12;1-6-3-4-7(2)8(9)5-6;1-2-4-5-3-1/h6,13-14H,3-5H2,1-2H3;6H,3-5H2,1-2H3;5-6,12-13H,3-4,7H2,1-2H3;5-6H,3-4,7H2,1-2H3;4-6,8H,1,7H2,2-3H3;4,6-7,12H,1,5H2,2-3H3;3-5,9H,1-2H3;1-4H2. The van der Waals surface area contributed by atoms with Crippen molar-refractivity contribution in [2.24, 2.45) is 0 Å². The van der Waals surface area contributed by atoms with Gasteiger partial charge in [-0.3, -0.25) is 0 Å². The second-order valence-corrected chi connectivity index (χ2v) is 24.8. The van der Waals surface area contributed by atoms with E-state index in [1.165, 1.54) is 68.2 Å². The average Bonchev–Trinajstić information content (AvgIpc) is 0.978. The lowest BCUT2D eigenvalue weighted by molar-refractivity contribution is 0.198. The zero-order valence-corrected chi connectivity index (χ0v) is 58.6. The Morgan fingerprint density at radius 2 is 0.945 bits per heavy atom. The zero-order valence-electron chi connectivity index (χ0n) is 57.1. The molecule has 11 rings (SSSR count). The second kappa shape index (κ2) is 39.4. The molecule has 1 fully saturated rings. The monoisotopic (exact) mass is 1310 g/mol. The molecule has 0 aromatic heterocycles. The van der Waals surface area contributed by atoms with E-state index >= 15 is 0 Å². The highest BCUT2D eigenvalue weighted by atomic mass is 79.9. The van der Waals surface area contributed by atoms with Crippen LogP contribution in [0.2, 0.25) is 0 Å². The molecule has 0 aliphatic carbocycles. The van der Waals surface area contributed by atoms with Crippen LogP contribution in [0.5, 0.6) is 40.2 Å². The van der Waals surface area contributed by atoms with Crippen LogP contribution in [0.4, 0.5) is 0 Å². The van der Waals surface area contributed by atoms with Crippen LogP contribution in [0.3, 0.4) is 0 Å². The molecule has 0 spiro atoms. The number of allylic oxidation sites excluding steroid dienone is 1. The first kappa shape index (κ1) is 76.5. The van der Waals surface area contributed by atoms with Gasteiger partial charge in [0.25, 0.3) is 0 Å². The van der Waals surface area contributed by atoms with E-state index in [0.29, 0.717) is 35.7 Å². The molecule has 11 nitrogen and oxygen atoms in total. The molecule has 7 aromatic carbocycles. The Balaban J connectivity index is 0.000000224. The predicted octanol–water partition coefficient (Wildman–Crippen LogP) is 16.7. The van der Waals surface area contributed by atoms with Gasteiger partial charge in [-0.05, 0) is 291 Å². The van der Waals surface area contributed by atoms with Crippen molar-refractivity contribution in [2.45, 2.75) is 168 Å². The van der Waals surface area contributed by atoms with Gasteiger partial charge in [-0.25, -0.2) is 0 Å². The number of aryl methyl sites for hydroxylation is 12. The molecule has 0 bridgehead atoms. The maximum atomic E-state index is 9.72. The van der Waals surface area contributed by atoms with Crippen molar-refractivity contribution in [2.75, 3.05) is 46.2 Å². The highest BCUT2D eigenvalue weighted by molar-refractivity contribution is 9.10. The lowest BCUT2D eigenvalue weighted by atomic mass is 9.74. The Kier molecular flexibility index (Phi) is 33.1. The summed E-state index contributed by atoms with van der Waals surface area (Å²) >= 11 is 3.57. The number of aromatic hydroxyl groups is 3. The van der Waals surface area contributed by atoms with Crippen LogP contribution in [0.15, 0.2) is 115 Å². The van der Waals surface area contributed by atoms with Crippen LogP contribution in [0.25, 0.3) is 0 Å². The summed E-state index contributed by atoms with van der Waals surface area (Å²) in [6.45, 7) is 40.6.